The molecule has 1 heterocycles. The molecule has 0 aliphatic carbocycles. The van der Waals surface area contributed by atoms with Crippen molar-refractivity contribution in [2.75, 3.05) is 13.1 Å². The Hall–Kier alpha value is -1.16. The van der Waals surface area contributed by atoms with Gasteiger partial charge in [-0.2, -0.15) is 0 Å². The topological polar surface area (TPSA) is 46.9 Å². The SMILES string of the molecule is CCNCCCn1cnc(C)cc1=O. The molecule has 0 unspecified atom stereocenters. The first-order valence-corrected chi connectivity index (χ1v) is 4.98. The zero-order valence-electron chi connectivity index (χ0n) is 8.79. The van der Waals surface area contributed by atoms with Crippen LogP contribution in [0.15, 0.2) is 17.2 Å². The lowest BCUT2D eigenvalue weighted by molar-refractivity contribution is 0.572. The fourth-order valence-electron chi connectivity index (χ4n) is 1.24. The molecule has 4 nitrogen and oxygen atoms in total. The van der Waals surface area contributed by atoms with E-state index in [1.807, 2.05) is 6.92 Å². The van der Waals surface area contributed by atoms with Crippen molar-refractivity contribution >= 4 is 0 Å². The molecule has 0 atom stereocenters. The van der Waals surface area contributed by atoms with Crippen LogP contribution in [0.1, 0.15) is 19.0 Å². The second kappa shape index (κ2) is 5.54. The van der Waals surface area contributed by atoms with E-state index in [-0.39, 0.29) is 5.56 Å². The zero-order valence-corrected chi connectivity index (χ0v) is 8.79. The average Bonchev–Trinajstić information content (AvgIpc) is 2.15. The third-order valence-electron chi connectivity index (χ3n) is 2.02. The van der Waals surface area contributed by atoms with E-state index in [4.69, 9.17) is 0 Å². The largest absolute Gasteiger partial charge is 0.317 e. The van der Waals surface area contributed by atoms with Gasteiger partial charge in [0, 0.05) is 18.3 Å². The summed E-state index contributed by atoms with van der Waals surface area (Å²) in [5.41, 5.74) is 0.812. The van der Waals surface area contributed by atoms with E-state index in [1.165, 1.54) is 0 Å². The van der Waals surface area contributed by atoms with E-state index in [9.17, 15) is 4.79 Å². The molecule has 1 aromatic rings. The standard InChI is InChI=1S/C10H17N3O/c1-3-11-5-4-6-13-8-12-9(2)7-10(13)14/h7-8,11H,3-6H2,1-2H3. The molecule has 0 spiro atoms. The Bertz CT molecular complexity index is 332. The van der Waals surface area contributed by atoms with Crippen LogP contribution in [0, 0.1) is 6.92 Å². The van der Waals surface area contributed by atoms with Crippen LogP contribution < -0.4 is 10.9 Å². The lowest BCUT2D eigenvalue weighted by Gasteiger charge is -2.05. The van der Waals surface area contributed by atoms with Gasteiger partial charge in [0.2, 0.25) is 0 Å². The summed E-state index contributed by atoms with van der Waals surface area (Å²) >= 11 is 0. The highest BCUT2D eigenvalue weighted by Crippen LogP contribution is 1.87. The van der Waals surface area contributed by atoms with Crippen molar-refractivity contribution in [3.05, 3.63) is 28.4 Å². The van der Waals surface area contributed by atoms with Crippen molar-refractivity contribution in [3.63, 3.8) is 0 Å². The van der Waals surface area contributed by atoms with Crippen molar-refractivity contribution in [2.45, 2.75) is 26.8 Å². The van der Waals surface area contributed by atoms with E-state index in [0.29, 0.717) is 0 Å². The van der Waals surface area contributed by atoms with Crippen LogP contribution in [0.3, 0.4) is 0 Å². The first kappa shape index (κ1) is 10.9. The summed E-state index contributed by atoms with van der Waals surface area (Å²) in [7, 11) is 0. The predicted molar refractivity (Wildman–Crippen MR) is 56.4 cm³/mol. The zero-order chi connectivity index (χ0) is 10.4. The van der Waals surface area contributed by atoms with Crippen LogP contribution in [-0.4, -0.2) is 22.6 Å². The van der Waals surface area contributed by atoms with Gasteiger partial charge in [0.1, 0.15) is 0 Å². The number of aromatic nitrogens is 2. The quantitative estimate of drug-likeness (QED) is 0.698. The van der Waals surface area contributed by atoms with Crippen molar-refractivity contribution in [3.8, 4) is 0 Å². The maximum atomic E-state index is 11.4. The van der Waals surface area contributed by atoms with Crippen molar-refractivity contribution in [1.82, 2.24) is 14.9 Å². The minimum absolute atomic E-state index is 0.0361. The summed E-state index contributed by atoms with van der Waals surface area (Å²) in [6.07, 6.45) is 2.57. The summed E-state index contributed by atoms with van der Waals surface area (Å²) in [5.74, 6) is 0. The highest BCUT2D eigenvalue weighted by Gasteiger charge is 1.95. The van der Waals surface area contributed by atoms with Crippen LogP contribution >= 0.6 is 0 Å². The summed E-state index contributed by atoms with van der Waals surface area (Å²) < 4.78 is 1.64. The fraction of sp³-hybridized carbons (Fsp3) is 0.600. The molecule has 0 saturated carbocycles. The van der Waals surface area contributed by atoms with Gasteiger partial charge in [0.05, 0.1) is 6.33 Å². The number of nitrogens with zero attached hydrogens (tertiary/aromatic N) is 2. The Morgan fingerprint density at radius 1 is 1.57 bits per heavy atom. The van der Waals surface area contributed by atoms with E-state index < -0.39 is 0 Å². The van der Waals surface area contributed by atoms with Gasteiger partial charge < -0.3 is 5.32 Å². The summed E-state index contributed by atoms with van der Waals surface area (Å²) in [5, 5.41) is 3.21. The summed E-state index contributed by atoms with van der Waals surface area (Å²) in [4.78, 5) is 15.5. The number of aryl methyl sites for hydroxylation is 2. The molecule has 0 aliphatic heterocycles. The minimum Gasteiger partial charge on any atom is -0.317 e. The number of hydrogen-bond donors (Lipinski definition) is 1. The summed E-state index contributed by atoms with van der Waals surface area (Å²) in [6, 6.07) is 1.56. The smallest absolute Gasteiger partial charge is 0.253 e. The molecule has 1 N–H and O–H groups in total. The molecule has 0 aromatic carbocycles. The molecule has 1 aromatic heterocycles. The molecule has 78 valence electrons. The maximum absolute atomic E-state index is 11.4. The lowest BCUT2D eigenvalue weighted by atomic mass is 10.4. The van der Waals surface area contributed by atoms with Gasteiger partial charge in [-0.1, -0.05) is 6.92 Å². The second-order valence-electron chi connectivity index (χ2n) is 3.27. The van der Waals surface area contributed by atoms with Gasteiger partial charge in [-0.25, -0.2) is 4.98 Å². The second-order valence-corrected chi connectivity index (χ2v) is 3.27. The summed E-state index contributed by atoms with van der Waals surface area (Å²) in [6.45, 7) is 6.54. The van der Waals surface area contributed by atoms with Crippen LogP contribution in [-0.2, 0) is 6.54 Å². The first-order chi connectivity index (χ1) is 6.74. The van der Waals surface area contributed by atoms with Crippen molar-refractivity contribution in [1.29, 1.82) is 0 Å². The fourth-order valence-corrected chi connectivity index (χ4v) is 1.24. The molecule has 14 heavy (non-hydrogen) atoms. The molecule has 1 rings (SSSR count). The Kier molecular flexibility index (Phi) is 4.32. The van der Waals surface area contributed by atoms with E-state index >= 15 is 0 Å². The molecule has 4 heteroatoms. The van der Waals surface area contributed by atoms with E-state index in [0.717, 1.165) is 31.7 Å². The Labute approximate surface area is 84.0 Å². The molecular weight excluding hydrogens is 178 g/mol. The molecular formula is C10H17N3O. The Morgan fingerprint density at radius 2 is 2.36 bits per heavy atom. The van der Waals surface area contributed by atoms with Gasteiger partial charge >= 0.3 is 0 Å². The molecule has 0 radical (unpaired) electrons. The Morgan fingerprint density at radius 3 is 3.00 bits per heavy atom. The monoisotopic (exact) mass is 195 g/mol. The average molecular weight is 195 g/mol. The Balaban J connectivity index is 2.47. The van der Waals surface area contributed by atoms with Crippen molar-refractivity contribution in [2.24, 2.45) is 0 Å². The van der Waals surface area contributed by atoms with Gasteiger partial charge in [-0.15, -0.1) is 0 Å². The normalized spacial score (nSPS) is 10.4. The van der Waals surface area contributed by atoms with Gasteiger partial charge in [0.25, 0.3) is 5.56 Å². The van der Waals surface area contributed by atoms with Crippen LogP contribution in [0.5, 0.6) is 0 Å². The third kappa shape index (κ3) is 3.30. The highest BCUT2D eigenvalue weighted by atomic mass is 16.1. The van der Waals surface area contributed by atoms with Crippen molar-refractivity contribution < 1.29 is 0 Å². The minimum atomic E-state index is 0.0361. The molecule has 0 bridgehead atoms. The van der Waals surface area contributed by atoms with Crippen LogP contribution in [0.4, 0.5) is 0 Å². The maximum Gasteiger partial charge on any atom is 0.253 e. The molecule has 0 aliphatic rings. The van der Waals surface area contributed by atoms with Gasteiger partial charge in [-0.3, -0.25) is 9.36 Å². The first-order valence-electron chi connectivity index (χ1n) is 4.98. The van der Waals surface area contributed by atoms with Gasteiger partial charge in [0.15, 0.2) is 0 Å². The predicted octanol–water partition coefficient (Wildman–Crippen LogP) is 0.551. The van der Waals surface area contributed by atoms with Crippen LogP contribution in [0.25, 0.3) is 0 Å². The highest BCUT2D eigenvalue weighted by molar-refractivity contribution is 4.95. The third-order valence-corrected chi connectivity index (χ3v) is 2.02. The van der Waals surface area contributed by atoms with E-state index in [1.54, 1.807) is 17.0 Å². The van der Waals surface area contributed by atoms with Gasteiger partial charge in [-0.05, 0) is 26.4 Å². The molecule has 0 fully saturated rings. The molecule has 0 saturated heterocycles. The lowest BCUT2D eigenvalue weighted by Crippen LogP contribution is -2.23. The number of nitrogens with one attached hydrogen (secondary N) is 1. The number of hydrogen-bond acceptors (Lipinski definition) is 3. The number of rotatable bonds is 5. The van der Waals surface area contributed by atoms with E-state index in [2.05, 4.69) is 17.2 Å². The molecule has 0 amide bonds. The van der Waals surface area contributed by atoms with Crippen LogP contribution in [0.2, 0.25) is 0 Å².